The summed E-state index contributed by atoms with van der Waals surface area (Å²) < 4.78 is 1.52. The van der Waals surface area contributed by atoms with Gasteiger partial charge >= 0.3 is 0 Å². The van der Waals surface area contributed by atoms with Crippen LogP contribution >= 0.6 is 0 Å². The molecule has 2 aromatic heterocycles. The highest BCUT2D eigenvalue weighted by atomic mass is 16.1. The third-order valence-electron chi connectivity index (χ3n) is 2.22. The van der Waals surface area contributed by atoms with E-state index in [1.54, 1.807) is 31.5 Å². The number of aromatic nitrogens is 3. The Kier molecular flexibility index (Phi) is 2.52. The molecule has 2 rings (SSSR count). The van der Waals surface area contributed by atoms with E-state index in [0.717, 1.165) is 6.29 Å². The van der Waals surface area contributed by atoms with Gasteiger partial charge in [0.15, 0.2) is 12.1 Å². The highest BCUT2D eigenvalue weighted by Crippen LogP contribution is 2.11. The van der Waals surface area contributed by atoms with Crippen LogP contribution in [0.15, 0.2) is 24.5 Å². The standard InChI is InChI=1S/C12H9N3O/c1-3-10-5-4-6-13-12(10)15-7-11(8-16)9(2)14-15/h1,4-8H,2H3. The van der Waals surface area contributed by atoms with Crippen molar-refractivity contribution in [1.29, 1.82) is 0 Å². The van der Waals surface area contributed by atoms with Crippen molar-refractivity contribution in [3.63, 3.8) is 0 Å². The lowest BCUT2D eigenvalue weighted by atomic mass is 10.2. The van der Waals surface area contributed by atoms with Gasteiger partial charge in [-0.1, -0.05) is 5.92 Å². The number of pyridine rings is 1. The number of nitrogens with zero attached hydrogens (tertiary/aromatic N) is 3. The van der Waals surface area contributed by atoms with Crippen molar-refractivity contribution in [1.82, 2.24) is 14.8 Å². The van der Waals surface area contributed by atoms with E-state index in [0.29, 0.717) is 22.6 Å². The molecule has 0 bridgehead atoms. The van der Waals surface area contributed by atoms with E-state index in [1.165, 1.54) is 4.68 Å². The summed E-state index contributed by atoms with van der Waals surface area (Å²) in [4.78, 5) is 14.9. The lowest BCUT2D eigenvalue weighted by Crippen LogP contribution is -2.01. The lowest BCUT2D eigenvalue weighted by Gasteiger charge is -2.01. The molecular formula is C12H9N3O. The number of carbonyl (C=O) groups is 1. The number of rotatable bonds is 2. The van der Waals surface area contributed by atoms with Gasteiger partial charge in [-0.05, 0) is 19.1 Å². The Balaban J connectivity index is 2.59. The van der Waals surface area contributed by atoms with Gasteiger partial charge in [-0.2, -0.15) is 5.10 Å². The van der Waals surface area contributed by atoms with Crippen molar-refractivity contribution < 1.29 is 4.79 Å². The molecule has 0 aliphatic heterocycles. The lowest BCUT2D eigenvalue weighted by molar-refractivity contribution is 0.112. The first-order valence-corrected chi connectivity index (χ1v) is 4.69. The molecule has 16 heavy (non-hydrogen) atoms. The Hall–Kier alpha value is -2.41. The van der Waals surface area contributed by atoms with Crippen molar-refractivity contribution >= 4 is 6.29 Å². The molecule has 0 N–H and O–H groups in total. The summed E-state index contributed by atoms with van der Waals surface area (Å²) in [5.74, 6) is 3.09. The van der Waals surface area contributed by atoms with Crippen LogP contribution in [0.1, 0.15) is 21.6 Å². The van der Waals surface area contributed by atoms with Gasteiger partial charge in [0.1, 0.15) is 0 Å². The zero-order chi connectivity index (χ0) is 11.5. The number of terminal acetylenes is 1. The van der Waals surface area contributed by atoms with Gasteiger partial charge in [0, 0.05) is 12.4 Å². The molecule has 0 aliphatic carbocycles. The molecule has 4 heteroatoms. The molecule has 0 amide bonds. The second-order valence-corrected chi connectivity index (χ2v) is 3.25. The molecular weight excluding hydrogens is 202 g/mol. The molecule has 0 aliphatic rings. The summed E-state index contributed by atoms with van der Waals surface area (Å²) in [6.07, 6.45) is 9.38. The third-order valence-corrected chi connectivity index (χ3v) is 2.22. The molecule has 0 atom stereocenters. The normalized spacial score (nSPS) is 9.75. The Bertz CT molecular complexity index is 578. The van der Waals surface area contributed by atoms with Crippen LogP contribution in [0.25, 0.3) is 5.82 Å². The average Bonchev–Trinajstić information content (AvgIpc) is 2.70. The Labute approximate surface area is 92.9 Å². The zero-order valence-electron chi connectivity index (χ0n) is 8.71. The van der Waals surface area contributed by atoms with Crippen LogP contribution in [0.3, 0.4) is 0 Å². The van der Waals surface area contributed by atoms with Gasteiger partial charge in [-0.3, -0.25) is 4.79 Å². The summed E-state index contributed by atoms with van der Waals surface area (Å²) in [5, 5.41) is 4.19. The van der Waals surface area contributed by atoms with E-state index in [-0.39, 0.29) is 0 Å². The molecule has 0 radical (unpaired) electrons. The minimum atomic E-state index is 0.536. The number of hydrogen-bond acceptors (Lipinski definition) is 3. The maximum absolute atomic E-state index is 10.7. The van der Waals surface area contributed by atoms with E-state index in [1.807, 2.05) is 0 Å². The second kappa shape index (κ2) is 3.99. The first-order chi connectivity index (χ1) is 7.76. The van der Waals surface area contributed by atoms with E-state index in [9.17, 15) is 4.79 Å². The number of aldehydes is 1. The fourth-order valence-corrected chi connectivity index (χ4v) is 1.39. The van der Waals surface area contributed by atoms with Crippen LogP contribution in [-0.4, -0.2) is 21.1 Å². The molecule has 4 nitrogen and oxygen atoms in total. The highest BCUT2D eigenvalue weighted by Gasteiger charge is 2.08. The predicted octanol–water partition coefficient (Wildman–Crippen LogP) is 1.37. The Morgan fingerprint density at radius 3 is 3.00 bits per heavy atom. The highest BCUT2D eigenvalue weighted by molar-refractivity contribution is 5.76. The quantitative estimate of drug-likeness (QED) is 0.556. The van der Waals surface area contributed by atoms with Gasteiger partial charge in [-0.25, -0.2) is 9.67 Å². The molecule has 0 fully saturated rings. The smallest absolute Gasteiger partial charge is 0.169 e. The minimum Gasteiger partial charge on any atom is -0.298 e. The van der Waals surface area contributed by atoms with Crippen LogP contribution in [0.4, 0.5) is 0 Å². The first kappa shape index (κ1) is 10.1. The largest absolute Gasteiger partial charge is 0.298 e. The van der Waals surface area contributed by atoms with Crippen LogP contribution in [0.2, 0.25) is 0 Å². The van der Waals surface area contributed by atoms with Crippen LogP contribution in [0, 0.1) is 19.3 Å². The maximum atomic E-state index is 10.7. The molecule has 0 spiro atoms. The van der Waals surface area contributed by atoms with Crippen molar-refractivity contribution in [3.05, 3.63) is 41.3 Å². The molecule has 2 aromatic rings. The molecule has 0 unspecified atom stereocenters. The maximum Gasteiger partial charge on any atom is 0.169 e. The summed E-state index contributed by atoms with van der Waals surface area (Å²) in [6.45, 7) is 1.76. The fourth-order valence-electron chi connectivity index (χ4n) is 1.39. The zero-order valence-corrected chi connectivity index (χ0v) is 8.71. The SMILES string of the molecule is C#Cc1cccnc1-n1cc(C=O)c(C)n1. The first-order valence-electron chi connectivity index (χ1n) is 4.69. The molecule has 2 heterocycles. The van der Waals surface area contributed by atoms with Crippen molar-refractivity contribution in [2.24, 2.45) is 0 Å². The Morgan fingerprint density at radius 2 is 2.38 bits per heavy atom. The van der Waals surface area contributed by atoms with Crippen molar-refractivity contribution in [2.45, 2.75) is 6.92 Å². The topological polar surface area (TPSA) is 47.8 Å². The second-order valence-electron chi connectivity index (χ2n) is 3.25. The van der Waals surface area contributed by atoms with Gasteiger partial charge in [0.2, 0.25) is 0 Å². The van der Waals surface area contributed by atoms with E-state index in [2.05, 4.69) is 16.0 Å². The summed E-state index contributed by atoms with van der Waals surface area (Å²) >= 11 is 0. The molecule has 0 aromatic carbocycles. The number of aryl methyl sites for hydroxylation is 1. The van der Waals surface area contributed by atoms with Gasteiger partial charge in [-0.15, -0.1) is 6.42 Å². The van der Waals surface area contributed by atoms with E-state index < -0.39 is 0 Å². The monoisotopic (exact) mass is 211 g/mol. The van der Waals surface area contributed by atoms with Gasteiger partial charge in [0.25, 0.3) is 0 Å². The van der Waals surface area contributed by atoms with Crippen LogP contribution in [0.5, 0.6) is 0 Å². The van der Waals surface area contributed by atoms with Gasteiger partial charge in [0.05, 0.1) is 16.8 Å². The predicted molar refractivity (Wildman–Crippen MR) is 59.4 cm³/mol. The summed E-state index contributed by atoms with van der Waals surface area (Å²) in [7, 11) is 0. The molecule has 78 valence electrons. The molecule has 0 saturated carbocycles. The number of carbonyl (C=O) groups excluding carboxylic acids is 1. The minimum absolute atomic E-state index is 0.536. The van der Waals surface area contributed by atoms with Crippen LogP contribution in [-0.2, 0) is 0 Å². The average molecular weight is 211 g/mol. The fraction of sp³-hybridized carbons (Fsp3) is 0.0833. The third kappa shape index (κ3) is 1.59. The van der Waals surface area contributed by atoms with Gasteiger partial charge < -0.3 is 0 Å². The molecule has 0 saturated heterocycles. The van der Waals surface area contributed by atoms with Crippen molar-refractivity contribution in [3.8, 4) is 18.2 Å². The summed E-state index contributed by atoms with van der Waals surface area (Å²) in [5.41, 5.74) is 1.83. The number of hydrogen-bond donors (Lipinski definition) is 0. The van der Waals surface area contributed by atoms with Crippen molar-refractivity contribution in [2.75, 3.05) is 0 Å². The van der Waals surface area contributed by atoms with E-state index >= 15 is 0 Å². The Morgan fingerprint density at radius 1 is 1.56 bits per heavy atom. The van der Waals surface area contributed by atoms with Crippen LogP contribution < -0.4 is 0 Å². The van der Waals surface area contributed by atoms with E-state index in [4.69, 9.17) is 6.42 Å². The summed E-state index contributed by atoms with van der Waals surface area (Å²) in [6, 6.07) is 3.54.